The van der Waals surface area contributed by atoms with Crippen LogP contribution in [-0.2, 0) is 0 Å². The highest BCUT2D eigenvalue weighted by molar-refractivity contribution is 4.77. The molecular formula is C8H19N3. The molecule has 0 bridgehead atoms. The van der Waals surface area contributed by atoms with Crippen LogP contribution in [0.15, 0.2) is 0 Å². The molecule has 66 valence electrons. The molecule has 1 saturated heterocycles. The SMILES string of the molecule is CCC1CN(N)CCN1CC. The van der Waals surface area contributed by atoms with Gasteiger partial charge in [-0.2, -0.15) is 0 Å². The second kappa shape index (κ2) is 4.04. The molecule has 1 heterocycles. The van der Waals surface area contributed by atoms with Crippen molar-refractivity contribution in [3.8, 4) is 0 Å². The number of likely N-dealkylation sites (N-methyl/N-ethyl adjacent to an activating group) is 1. The van der Waals surface area contributed by atoms with Crippen molar-refractivity contribution in [2.75, 3.05) is 26.2 Å². The molecular weight excluding hydrogens is 138 g/mol. The Labute approximate surface area is 69.1 Å². The Bertz CT molecular complexity index is 116. The zero-order valence-corrected chi connectivity index (χ0v) is 7.58. The molecule has 1 aliphatic rings. The number of nitrogens with two attached hydrogens (primary N) is 1. The Balaban J connectivity index is 2.41. The van der Waals surface area contributed by atoms with Gasteiger partial charge in [-0.05, 0) is 13.0 Å². The van der Waals surface area contributed by atoms with Crippen LogP contribution < -0.4 is 5.84 Å². The summed E-state index contributed by atoms with van der Waals surface area (Å²) in [5.41, 5.74) is 0. The molecule has 3 heteroatoms. The summed E-state index contributed by atoms with van der Waals surface area (Å²) in [6.45, 7) is 8.79. The molecule has 11 heavy (non-hydrogen) atoms. The van der Waals surface area contributed by atoms with Crippen LogP contribution in [0.2, 0.25) is 0 Å². The molecule has 3 nitrogen and oxygen atoms in total. The average molecular weight is 157 g/mol. The minimum absolute atomic E-state index is 0.679. The third-order valence-corrected chi connectivity index (χ3v) is 2.51. The second-order valence-electron chi connectivity index (χ2n) is 3.19. The summed E-state index contributed by atoms with van der Waals surface area (Å²) in [6.07, 6.45) is 1.21. The van der Waals surface area contributed by atoms with Crippen LogP contribution in [0.25, 0.3) is 0 Å². The summed E-state index contributed by atoms with van der Waals surface area (Å²) in [7, 11) is 0. The van der Waals surface area contributed by atoms with Crippen molar-refractivity contribution < 1.29 is 0 Å². The Morgan fingerprint density at radius 2 is 2.09 bits per heavy atom. The summed E-state index contributed by atoms with van der Waals surface area (Å²) in [4.78, 5) is 2.50. The number of rotatable bonds is 2. The van der Waals surface area contributed by atoms with Gasteiger partial charge in [0.25, 0.3) is 0 Å². The zero-order valence-electron chi connectivity index (χ0n) is 7.58. The summed E-state index contributed by atoms with van der Waals surface area (Å²) < 4.78 is 0. The largest absolute Gasteiger partial charge is 0.298 e. The molecule has 0 aliphatic carbocycles. The van der Waals surface area contributed by atoms with Crippen molar-refractivity contribution in [3.05, 3.63) is 0 Å². The van der Waals surface area contributed by atoms with Gasteiger partial charge in [0.1, 0.15) is 0 Å². The molecule has 1 aliphatic heterocycles. The van der Waals surface area contributed by atoms with E-state index in [4.69, 9.17) is 5.84 Å². The van der Waals surface area contributed by atoms with Crippen LogP contribution in [0.4, 0.5) is 0 Å². The second-order valence-corrected chi connectivity index (χ2v) is 3.19. The average Bonchev–Trinajstić information content (AvgIpc) is 2.04. The van der Waals surface area contributed by atoms with E-state index in [1.165, 1.54) is 6.42 Å². The molecule has 0 radical (unpaired) electrons. The van der Waals surface area contributed by atoms with E-state index in [9.17, 15) is 0 Å². The maximum absolute atomic E-state index is 5.72. The van der Waals surface area contributed by atoms with Gasteiger partial charge in [-0.15, -0.1) is 0 Å². The highest BCUT2D eigenvalue weighted by Gasteiger charge is 2.21. The van der Waals surface area contributed by atoms with Crippen molar-refractivity contribution in [2.24, 2.45) is 5.84 Å². The van der Waals surface area contributed by atoms with Crippen molar-refractivity contribution >= 4 is 0 Å². The van der Waals surface area contributed by atoms with Crippen LogP contribution in [-0.4, -0.2) is 42.1 Å². The van der Waals surface area contributed by atoms with E-state index in [0.717, 1.165) is 26.2 Å². The fourth-order valence-electron chi connectivity index (χ4n) is 1.72. The molecule has 0 aromatic heterocycles. The first kappa shape index (κ1) is 8.97. The Morgan fingerprint density at radius 3 is 2.64 bits per heavy atom. The molecule has 1 atom stereocenters. The van der Waals surface area contributed by atoms with E-state index in [-0.39, 0.29) is 0 Å². The van der Waals surface area contributed by atoms with E-state index >= 15 is 0 Å². The minimum Gasteiger partial charge on any atom is -0.298 e. The molecule has 2 N–H and O–H groups in total. The summed E-state index contributed by atoms with van der Waals surface area (Å²) in [5.74, 6) is 5.72. The fraction of sp³-hybridized carbons (Fsp3) is 1.00. The first-order chi connectivity index (χ1) is 5.27. The van der Waals surface area contributed by atoms with Gasteiger partial charge in [0.05, 0.1) is 0 Å². The van der Waals surface area contributed by atoms with Gasteiger partial charge < -0.3 is 0 Å². The number of nitrogens with zero attached hydrogens (tertiary/aromatic N) is 2. The fourth-order valence-corrected chi connectivity index (χ4v) is 1.72. The predicted octanol–water partition coefficient (Wildman–Crippen LogP) is 0.276. The topological polar surface area (TPSA) is 32.5 Å². The van der Waals surface area contributed by atoms with Crippen molar-refractivity contribution in [3.63, 3.8) is 0 Å². The maximum atomic E-state index is 5.72. The lowest BCUT2D eigenvalue weighted by molar-refractivity contribution is 0.0769. The van der Waals surface area contributed by atoms with Crippen LogP contribution in [0.1, 0.15) is 20.3 Å². The summed E-state index contributed by atoms with van der Waals surface area (Å²) in [5, 5.41) is 1.93. The number of hydrogen-bond acceptors (Lipinski definition) is 3. The minimum atomic E-state index is 0.679. The number of hydrogen-bond donors (Lipinski definition) is 1. The molecule has 1 unspecified atom stereocenters. The summed E-state index contributed by atoms with van der Waals surface area (Å²) >= 11 is 0. The van der Waals surface area contributed by atoms with Crippen LogP contribution in [0.3, 0.4) is 0 Å². The van der Waals surface area contributed by atoms with Gasteiger partial charge in [0.2, 0.25) is 0 Å². The van der Waals surface area contributed by atoms with E-state index < -0.39 is 0 Å². The van der Waals surface area contributed by atoms with E-state index in [2.05, 4.69) is 18.7 Å². The first-order valence-corrected chi connectivity index (χ1v) is 4.51. The van der Waals surface area contributed by atoms with Gasteiger partial charge >= 0.3 is 0 Å². The lowest BCUT2D eigenvalue weighted by atomic mass is 10.1. The van der Waals surface area contributed by atoms with Gasteiger partial charge in [0.15, 0.2) is 0 Å². The Kier molecular flexibility index (Phi) is 3.30. The standard InChI is InChI=1S/C8H19N3/c1-3-8-7-11(9)6-5-10(8)4-2/h8H,3-7,9H2,1-2H3. The van der Waals surface area contributed by atoms with E-state index in [1.807, 2.05) is 5.01 Å². The van der Waals surface area contributed by atoms with Crippen molar-refractivity contribution in [1.82, 2.24) is 9.91 Å². The monoisotopic (exact) mass is 157 g/mol. The normalized spacial score (nSPS) is 29.2. The molecule has 0 amide bonds. The van der Waals surface area contributed by atoms with Crippen LogP contribution >= 0.6 is 0 Å². The lowest BCUT2D eigenvalue weighted by Crippen LogP contribution is -2.54. The van der Waals surface area contributed by atoms with Crippen LogP contribution in [0, 0.1) is 0 Å². The van der Waals surface area contributed by atoms with Gasteiger partial charge in [-0.1, -0.05) is 13.8 Å². The van der Waals surface area contributed by atoms with Gasteiger partial charge in [-0.25, -0.2) is 5.01 Å². The molecule has 1 rings (SSSR count). The molecule has 0 aromatic rings. The third-order valence-electron chi connectivity index (χ3n) is 2.51. The van der Waals surface area contributed by atoms with Crippen LogP contribution in [0.5, 0.6) is 0 Å². The highest BCUT2D eigenvalue weighted by atomic mass is 15.4. The Hall–Kier alpha value is -0.120. The van der Waals surface area contributed by atoms with Crippen molar-refractivity contribution in [2.45, 2.75) is 26.3 Å². The van der Waals surface area contributed by atoms with Gasteiger partial charge in [0, 0.05) is 25.7 Å². The maximum Gasteiger partial charge on any atom is 0.0285 e. The van der Waals surface area contributed by atoms with Crippen molar-refractivity contribution in [1.29, 1.82) is 0 Å². The van der Waals surface area contributed by atoms with Gasteiger partial charge in [-0.3, -0.25) is 10.7 Å². The highest BCUT2D eigenvalue weighted by Crippen LogP contribution is 2.09. The third kappa shape index (κ3) is 2.15. The lowest BCUT2D eigenvalue weighted by Gasteiger charge is -2.38. The quantitative estimate of drug-likeness (QED) is 0.584. The first-order valence-electron chi connectivity index (χ1n) is 4.51. The Morgan fingerprint density at radius 1 is 1.36 bits per heavy atom. The van der Waals surface area contributed by atoms with E-state index in [0.29, 0.717) is 6.04 Å². The molecule has 1 fully saturated rings. The summed E-state index contributed by atoms with van der Waals surface area (Å²) in [6, 6.07) is 0.679. The molecule has 0 aromatic carbocycles. The number of piperazine rings is 1. The van der Waals surface area contributed by atoms with E-state index in [1.54, 1.807) is 0 Å². The number of hydrazine groups is 1. The zero-order chi connectivity index (χ0) is 8.27. The molecule has 0 saturated carbocycles. The predicted molar refractivity (Wildman–Crippen MR) is 47.1 cm³/mol. The molecule has 0 spiro atoms. The smallest absolute Gasteiger partial charge is 0.0285 e.